The van der Waals surface area contributed by atoms with Gasteiger partial charge in [-0.3, -0.25) is 19.4 Å². The van der Waals surface area contributed by atoms with Crippen LogP contribution in [0.4, 0.5) is 5.69 Å². The number of hydrogen-bond acceptors (Lipinski definition) is 4. The van der Waals surface area contributed by atoms with Gasteiger partial charge in [-0.25, -0.2) is 0 Å². The highest BCUT2D eigenvalue weighted by atomic mass is 35.5. The van der Waals surface area contributed by atoms with Crippen molar-refractivity contribution >= 4 is 30.0 Å². The van der Waals surface area contributed by atoms with Crippen molar-refractivity contribution in [2.75, 3.05) is 32.0 Å². The summed E-state index contributed by atoms with van der Waals surface area (Å²) < 4.78 is 0. The molecule has 0 spiro atoms. The van der Waals surface area contributed by atoms with Crippen LogP contribution in [0.1, 0.15) is 19.8 Å². The number of aliphatic carboxylic acids is 1. The summed E-state index contributed by atoms with van der Waals surface area (Å²) in [4.78, 5) is 27.2. The summed E-state index contributed by atoms with van der Waals surface area (Å²) in [5, 5.41) is 11.8. The number of rotatable bonds is 6. The van der Waals surface area contributed by atoms with Crippen LogP contribution in [-0.4, -0.2) is 65.5 Å². The van der Waals surface area contributed by atoms with Crippen LogP contribution in [0, 0.1) is 0 Å². The minimum atomic E-state index is -0.800. The van der Waals surface area contributed by atoms with Gasteiger partial charge in [-0.1, -0.05) is 18.2 Å². The standard InChI is InChI=1S/C17H25N3O3.ClH/c1-13(17(23)18-14-6-4-3-5-7-14)20-10-8-15(9-11-20)19(2)12-16(21)22;/h3-7,13,15H,8-12H2,1-2H3,(H,18,23)(H,21,22);1H. The average molecular weight is 356 g/mol. The summed E-state index contributed by atoms with van der Waals surface area (Å²) >= 11 is 0. The molecule has 1 aromatic carbocycles. The summed E-state index contributed by atoms with van der Waals surface area (Å²) in [6, 6.07) is 9.52. The maximum absolute atomic E-state index is 12.3. The summed E-state index contributed by atoms with van der Waals surface area (Å²) in [6.45, 7) is 3.59. The van der Waals surface area contributed by atoms with E-state index < -0.39 is 5.97 Å². The Morgan fingerprint density at radius 3 is 2.42 bits per heavy atom. The van der Waals surface area contributed by atoms with Crippen LogP contribution < -0.4 is 5.32 Å². The normalized spacial score (nSPS) is 17.1. The maximum Gasteiger partial charge on any atom is 0.317 e. The number of anilines is 1. The van der Waals surface area contributed by atoms with Gasteiger partial charge in [0, 0.05) is 24.8 Å². The molecular weight excluding hydrogens is 330 g/mol. The smallest absolute Gasteiger partial charge is 0.317 e. The lowest BCUT2D eigenvalue weighted by Crippen LogP contribution is -2.50. The lowest BCUT2D eigenvalue weighted by atomic mass is 10.0. The van der Waals surface area contributed by atoms with E-state index in [1.807, 2.05) is 49.2 Å². The van der Waals surface area contributed by atoms with Gasteiger partial charge in [0.2, 0.25) is 5.91 Å². The van der Waals surface area contributed by atoms with Crippen LogP contribution >= 0.6 is 12.4 Å². The zero-order chi connectivity index (χ0) is 16.8. The van der Waals surface area contributed by atoms with Crippen LogP contribution in [0.5, 0.6) is 0 Å². The Hall–Kier alpha value is -1.63. The quantitative estimate of drug-likeness (QED) is 0.815. The molecule has 1 atom stereocenters. The first-order valence-electron chi connectivity index (χ1n) is 7.99. The van der Waals surface area contributed by atoms with Gasteiger partial charge in [0.1, 0.15) is 0 Å². The number of carboxylic acid groups (broad SMARTS) is 1. The predicted molar refractivity (Wildman–Crippen MR) is 96.6 cm³/mol. The topological polar surface area (TPSA) is 72.9 Å². The highest BCUT2D eigenvalue weighted by Gasteiger charge is 2.28. The Bertz CT molecular complexity index is 533. The van der Waals surface area contributed by atoms with Crippen molar-refractivity contribution in [3.63, 3.8) is 0 Å². The second-order valence-electron chi connectivity index (χ2n) is 6.11. The van der Waals surface area contributed by atoms with Gasteiger partial charge in [-0.2, -0.15) is 0 Å². The first-order chi connectivity index (χ1) is 11.0. The maximum atomic E-state index is 12.3. The summed E-state index contributed by atoms with van der Waals surface area (Å²) in [7, 11) is 1.85. The van der Waals surface area contributed by atoms with Gasteiger partial charge in [0.25, 0.3) is 0 Å². The molecule has 0 aliphatic carbocycles. The molecule has 2 N–H and O–H groups in total. The molecule has 2 rings (SSSR count). The Kier molecular flexibility index (Phi) is 8.18. The Labute approximate surface area is 149 Å². The number of amides is 1. The molecule has 0 aromatic heterocycles. The number of carbonyl (C=O) groups is 2. The minimum Gasteiger partial charge on any atom is -0.480 e. The molecule has 0 saturated carbocycles. The number of halogens is 1. The van der Waals surface area contributed by atoms with Crippen molar-refractivity contribution < 1.29 is 14.7 Å². The number of benzene rings is 1. The molecule has 1 unspecified atom stereocenters. The fourth-order valence-corrected chi connectivity index (χ4v) is 2.99. The third-order valence-electron chi connectivity index (χ3n) is 4.48. The van der Waals surface area contributed by atoms with Gasteiger partial charge in [0.05, 0.1) is 12.6 Å². The molecule has 7 heteroatoms. The fourth-order valence-electron chi connectivity index (χ4n) is 2.99. The number of para-hydroxylation sites is 1. The first-order valence-corrected chi connectivity index (χ1v) is 7.99. The van der Waals surface area contributed by atoms with Gasteiger partial charge < -0.3 is 10.4 Å². The molecular formula is C17H26ClN3O3. The number of likely N-dealkylation sites (tertiary alicyclic amines) is 1. The SMILES string of the molecule is CC(C(=O)Nc1ccccc1)N1CCC(N(C)CC(=O)O)CC1.Cl. The Balaban J connectivity index is 0.00000288. The van der Waals surface area contributed by atoms with Crippen molar-refractivity contribution in [3.05, 3.63) is 30.3 Å². The van der Waals surface area contributed by atoms with E-state index in [2.05, 4.69) is 10.2 Å². The van der Waals surface area contributed by atoms with Gasteiger partial charge in [-0.15, -0.1) is 12.4 Å². The fraction of sp³-hybridized carbons (Fsp3) is 0.529. The van der Waals surface area contributed by atoms with Gasteiger partial charge in [-0.05, 0) is 38.9 Å². The van der Waals surface area contributed by atoms with Crippen molar-refractivity contribution in [2.24, 2.45) is 0 Å². The Morgan fingerprint density at radius 1 is 1.29 bits per heavy atom. The molecule has 1 saturated heterocycles. The van der Waals surface area contributed by atoms with E-state index in [0.29, 0.717) is 0 Å². The van der Waals surface area contributed by atoms with Crippen molar-refractivity contribution in [1.82, 2.24) is 9.80 Å². The second-order valence-corrected chi connectivity index (χ2v) is 6.11. The number of carbonyl (C=O) groups excluding carboxylic acids is 1. The first kappa shape index (κ1) is 20.4. The monoisotopic (exact) mass is 355 g/mol. The lowest BCUT2D eigenvalue weighted by molar-refractivity contribution is -0.138. The molecule has 0 bridgehead atoms. The predicted octanol–water partition coefficient (Wildman–Crippen LogP) is 1.92. The minimum absolute atomic E-state index is 0. The van der Waals surface area contributed by atoms with Crippen molar-refractivity contribution in [2.45, 2.75) is 31.8 Å². The van der Waals surface area contributed by atoms with Crippen LogP contribution in [0.3, 0.4) is 0 Å². The van der Waals surface area contributed by atoms with Crippen LogP contribution in [-0.2, 0) is 9.59 Å². The zero-order valence-electron chi connectivity index (χ0n) is 14.1. The molecule has 1 amide bonds. The van der Waals surface area contributed by atoms with E-state index in [1.54, 1.807) is 0 Å². The Morgan fingerprint density at radius 2 is 1.88 bits per heavy atom. The molecule has 1 aromatic rings. The van der Waals surface area contributed by atoms with Crippen LogP contribution in [0.15, 0.2) is 30.3 Å². The number of hydrogen-bond donors (Lipinski definition) is 2. The summed E-state index contributed by atoms with van der Waals surface area (Å²) in [5.74, 6) is -0.806. The molecule has 24 heavy (non-hydrogen) atoms. The van der Waals surface area contributed by atoms with E-state index in [1.165, 1.54) is 0 Å². The second kappa shape index (κ2) is 9.61. The van der Waals surface area contributed by atoms with E-state index in [9.17, 15) is 9.59 Å². The number of carboxylic acids is 1. The number of piperidine rings is 1. The third-order valence-corrected chi connectivity index (χ3v) is 4.48. The average Bonchev–Trinajstić information content (AvgIpc) is 2.54. The molecule has 0 radical (unpaired) electrons. The van der Waals surface area contributed by atoms with Gasteiger partial charge in [0.15, 0.2) is 0 Å². The summed E-state index contributed by atoms with van der Waals surface area (Å²) in [5.41, 5.74) is 0.806. The van der Waals surface area contributed by atoms with Crippen molar-refractivity contribution in [1.29, 1.82) is 0 Å². The highest BCUT2D eigenvalue weighted by Crippen LogP contribution is 2.18. The number of nitrogens with zero attached hydrogens (tertiary/aromatic N) is 2. The highest BCUT2D eigenvalue weighted by molar-refractivity contribution is 5.94. The lowest BCUT2D eigenvalue weighted by Gasteiger charge is -2.38. The van der Waals surface area contributed by atoms with Gasteiger partial charge >= 0.3 is 5.97 Å². The molecule has 1 fully saturated rings. The molecule has 1 aliphatic heterocycles. The number of nitrogens with one attached hydrogen (secondary N) is 1. The summed E-state index contributed by atoms with van der Waals surface area (Å²) in [6.07, 6.45) is 1.76. The van der Waals surface area contributed by atoms with E-state index in [0.717, 1.165) is 31.6 Å². The molecule has 6 nitrogen and oxygen atoms in total. The van der Waals surface area contributed by atoms with Crippen LogP contribution in [0.25, 0.3) is 0 Å². The molecule has 1 aliphatic rings. The number of likely N-dealkylation sites (N-methyl/N-ethyl adjacent to an activating group) is 1. The largest absolute Gasteiger partial charge is 0.480 e. The van der Waals surface area contributed by atoms with E-state index in [4.69, 9.17) is 5.11 Å². The van der Waals surface area contributed by atoms with E-state index in [-0.39, 0.29) is 36.9 Å². The third kappa shape index (κ3) is 5.78. The molecule has 134 valence electrons. The zero-order valence-corrected chi connectivity index (χ0v) is 15.0. The van der Waals surface area contributed by atoms with E-state index >= 15 is 0 Å². The van der Waals surface area contributed by atoms with Crippen LogP contribution in [0.2, 0.25) is 0 Å². The van der Waals surface area contributed by atoms with Crippen molar-refractivity contribution in [3.8, 4) is 0 Å². The molecule has 1 heterocycles.